The fourth-order valence-corrected chi connectivity index (χ4v) is 6.76. The van der Waals surface area contributed by atoms with Crippen LogP contribution in [0, 0.1) is 0 Å². The molecule has 224 valence electrons. The zero-order valence-electron chi connectivity index (χ0n) is 26.1. The lowest BCUT2D eigenvalue weighted by Gasteiger charge is -2.10. The van der Waals surface area contributed by atoms with E-state index in [2.05, 4.69) is 114 Å². The lowest BCUT2D eigenvalue weighted by atomic mass is 10.0. The highest BCUT2D eigenvalue weighted by Crippen LogP contribution is 2.40. The zero-order valence-corrected chi connectivity index (χ0v) is 26.9. The molecule has 4 heterocycles. The van der Waals surface area contributed by atoms with Gasteiger partial charge in [-0.1, -0.05) is 91.5 Å². The Kier molecular flexibility index (Phi) is 9.28. The van der Waals surface area contributed by atoms with Crippen molar-refractivity contribution in [3.05, 3.63) is 165 Å². The van der Waals surface area contributed by atoms with Crippen molar-refractivity contribution in [1.29, 1.82) is 0 Å². The van der Waals surface area contributed by atoms with E-state index in [9.17, 15) is 0 Å². The molecule has 0 unspecified atom stereocenters. The van der Waals surface area contributed by atoms with Crippen LogP contribution in [0.15, 0.2) is 165 Å². The minimum Gasteiger partial charge on any atom is -0.308 e. The van der Waals surface area contributed by atoms with Gasteiger partial charge in [-0.2, -0.15) is 0 Å². The summed E-state index contributed by atoms with van der Waals surface area (Å²) in [5, 5.41) is 3.79. The number of hydrogen-bond donors (Lipinski definition) is 0. The third-order valence-electron chi connectivity index (χ3n) is 7.64. The van der Waals surface area contributed by atoms with E-state index in [-0.39, 0.29) is 0 Å². The fourth-order valence-electron chi connectivity index (χ4n) is 5.64. The number of pyridine rings is 2. The molecule has 8 rings (SSSR count). The van der Waals surface area contributed by atoms with Crippen LogP contribution in [0.4, 0.5) is 0 Å². The molecule has 0 radical (unpaired) electrons. The summed E-state index contributed by atoms with van der Waals surface area (Å²) in [6.07, 6.45) is 11.1. The smallest absolute Gasteiger partial charge is 0.0963 e. The summed E-state index contributed by atoms with van der Waals surface area (Å²) in [6.45, 7) is 10.7. The van der Waals surface area contributed by atoms with Crippen LogP contribution in [0.1, 0.15) is 13.8 Å². The molecule has 4 aromatic heterocycles. The summed E-state index contributed by atoms with van der Waals surface area (Å²) in [5.41, 5.74) is 8.88. The Morgan fingerprint density at radius 3 is 2.11 bits per heavy atom. The monoisotopic (exact) mass is 613 g/mol. The molecule has 0 amide bonds. The SMILES string of the molecule is C=C/C=C\C.C=CC.c1ccc(-c2cc(-c3ccc(-n4c5cc6sc7ccccc7c6cc5c5ncccc54)cc3)ccn2)cc1. The van der Waals surface area contributed by atoms with Crippen LogP contribution in [-0.2, 0) is 0 Å². The van der Waals surface area contributed by atoms with Crippen LogP contribution in [0.3, 0.4) is 0 Å². The Balaban J connectivity index is 0.000000420. The highest BCUT2D eigenvalue weighted by Gasteiger charge is 2.16. The third-order valence-corrected chi connectivity index (χ3v) is 8.77. The van der Waals surface area contributed by atoms with Crippen LogP contribution in [0.25, 0.3) is 70.2 Å². The van der Waals surface area contributed by atoms with Gasteiger partial charge >= 0.3 is 0 Å². The first-order valence-corrected chi connectivity index (χ1v) is 16.1. The minimum absolute atomic E-state index is 0.980. The zero-order chi connectivity index (χ0) is 31.9. The average molecular weight is 614 g/mol. The molecule has 0 atom stereocenters. The van der Waals surface area contributed by atoms with E-state index in [1.807, 2.05) is 74.0 Å². The molecular weight excluding hydrogens is 579 g/mol. The molecule has 0 aliphatic heterocycles. The number of rotatable bonds is 4. The minimum atomic E-state index is 0.980. The molecule has 0 aliphatic carbocycles. The molecule has 3 nitrogen and oxygen atoms in total. The number of hydrogen-bond acceptors (Lipinski definition) is 3. The normalized spacial score (nSPS) is 10.9. The number of benzene rings is 4. The molecule has 46 heavy (non-hydrogen) atoms. The first-order valence-electron chi connectivity index (χ1n) is 15.3. The third kappa shape index (κ3) is 6.03. The molecule has 0 spiro atoms. The van der Waals surface area contributed by atoms with Crippen molar-refractivity contribution in [2.24, 2.45) is 0 Å². The Morgan fingerprint density at radius 2 is 1.37 bits per heavy atom. The van der Waals surface area contributed by atoms with Gasteiger partial charge in [-0.3, -0.25) is 9.97 Å². The van der Waals surface area contributed by atoms with Crippen molar-refractivity contribution in [2.75, 3.05) is 0 Å². The topological polar surface area (TPSA) is 30.7 Å². The number of allylic oxidation sites excluding steroid dienone is 4. The maximum atomic E-state index is 4.81. The molecule has 0 saturated heterocycles. The van der Waals surface area contributed by atoms with Crippen LogP contribution in [0.5, 0.6) is 0 Å². The van der Waals surface area contributed by atoms with Gasteiger partial charge < -0.3 is 4.57 Å². The summed E-state index contributed by atoms with van der Waals surface area (Å²) in [7, 11) is 0. The van der Waals surface area contributed by atoms with Gasteiger partial charge in [-0.15, -0.1) is 17.9 Å². The Bertz CT molecular complexity index is 2310. The number of nitrogens with zero attached hydrogens (tertiary/aromatic N) is 3. The molecule has 0 fully saturated rings. The van der Waals surface area contributed by atoms with Crippen LogP contribution in [0.2, 0.25) is 0 Å². The lowest BCUT2D eigenvalue weighted by molar-refractivity contribution is 1.18. The predicted molar refractivity (Wildman–Crippen MR) is 201 cm³/mol. The summed E-state index contributed by atoms with van der Waals surface area (Å²) in [4.78, 5) is 9.40. The lowest BCUT2D eigenvalue weighted by Crippen LogP contribution is -1.94. The second-order valence-electron chi connectivity index (χ2n) is 10.7. The van der Waals surface area contributed by atoms with Gasteiger partial charge in [0.2, 0.25) is 0 Å². The second-order valence-corrected chi connectivity index (χ2v) is 11.8. The molecule has 8 aromatic rings. The van der Waals surface area contributed by atoms with E-state index in [1.165, 1.54) is 36.6 Å². The summed E-state index contributed by atoms with van der Waals surface area (Å²) < 4.78 is 4.95. The highest BCUT2D eigenvalue weighted by atomic mass is 32.1. The van der Waals surface area contributed by atoms with E-state index in [0.717, 1.165) is 33.5 Å². The molecule has 0 N–H and O–H groups in total. The predicted octanol–water partition coefficient (Wildman–Crippen LogP) is 12.2. The first kappa shape index (κ1) is 30.4. The van der Waals surface area contributed by atoms with Crippen LogP contribution >= 0.6 is 11.3 Å². The van der Waals surface area contributed by atoms with Crippen LogP contribution in [-0.4, -0.2) is 14.5 Å². The van der Waals surface area contributed by atoms with Gasteiger partial charge in [-0.05, 0) is 79.6 Å². The average Bonchev–Trinajstić information content (AvgIpc) is 3.63. The molecule has 0 bridgehead atoms. The Hall–Kier alpha value is -5.58. The quantitative estimate of drug-likeness (QED) is 0.146. The van der Waals surface area contributed by atoms with E-state index < -0.39 is 0 Å². The standard InChI is InChI=1S/C34H21N3S.C5H8.C3H6/c1-2-7-23(8-3-1)29-19-24(16-18-35-29)22-12-14-25(15-13-22)37-30-10-6-17-36-34(30)28-20-27-26-9-4-5-11-32(26)38-33(27)21-31(28)37;1-3-5-4-2;1-3-2/h1-21H;3-5H,1H2,2H3;3H,1H2,2H3/b;5-4-;. The van der Waals surface area contributed by atoms with Gasteiger partial charge in [0.1, 0.15) is 0 Å². The van der Waals surface area contributed by atoms with E-state index in [1.54, 1.807) is 12.2 Å². The van der Waals surface area contributed by atoms with Gasteiger partial charge in [-0.25, -0.2) is 0 Å². The van der Waals surface area contributed by atoms with Crippen molar-refractivity contribution in [1.82, 2.24) is 14.5 Å². The molecule has 4 aromatic carbocycles. The van der Waals surface area contributed by atoms with E-state index in [0.29, 0.717) is 0 Å². The second kappa shape index (κ2) is 14.0. The maximum Gasteiger partial charge on any atom is 0.0963 e. The van der Waals surface area contributed by atoms with Crippen molar-refractivity contribution in [3.8, 4) is 28.1 Å². The number of thiophene rings is 1. The van der Waals surface area contributed by atoms with Crippen molar-refractivity contribution >= 4 is 53.4 Å². The maximum absolute atomic E-state index is 4.81. The molecular formula is C42H35N3S. The first-order chi connectivity index (χ1) is 22.7. The molecule has 0 saturated carbocycles. The fraction of sp³-hybridized carbons (Fsp3) is 0.0476. The summed E-state index contributed by atoms with van der Waals surface area (Å²) in [6, 6.07) is 40.9. The van der Waals surface area contributed by atoms with Crippen LogP contribution < -0.4 is 0 Å². The molecule has 4 heteroatoms. The van der Waals surface area contributed by atoms with Crippen molar-refractivity contribution < 1.29 is 0 Å². The molecule has 0 aliphatic rings. The Labute approximate surface area is 274 Å². The summed E-state index contributed by atoms with van der Waals surface area (Å²) in [5.74, 6) is 0. The van der Waals surface area contributed by atoms with Crippen molar-refractivity contribution in [3.63, 3.8) is 0 Å². The van der Waals surface area contributed by atoms with Gasteiger partial charge in [0, 0.05) is 49.2 Å². The van der Waals surface area contributed by atoms with Gasteiger partial charge in [0.15, 0.2) is 0 Å². The van der Waals surface area contributed by atoms with E-state index >= 15 is 0 Å². The van der Waals surface area contributed by atoms with Gasteiger partial charge in [0.25, 0.3) is 0 Å². The Morgan fingerprint density at radius 1 is 0.609 bits per heavy atom. The number of fused-ring (bicyclic) bond motifs is 6. The highest BCUT2D eigenvalue weighted by molar-refractivity contribution is 7.25. The van der Waals surface area contributed by atoms with Crippen molar-refractivity contribution in [2.45, 2.75) is 13.8 Å². The number of aromatic nitrogens is 3. The summed E-state index contributed by atoms with van der Waals surface area (Å²) >= 11 is 1.85. The largest absolute Gasteiger partial charge is 0.308 e. The van der Waals surface area contributed by atoms with E-state index in [4.69, 9.17) is 4.98 Å². The van der Waals surface area contributed by atoms with Gasteiger partial charge in [0.05, 0.1) is 22.2 Å².